The molecule has 26 heavy (non-hydrogen) atoms. The molecule has 0 aromatic rings. The van der Waals surface area contributed by atoms with Crippen LogP contribution in [0.2, 0.25) is 0 Å². The summed E-state index contributed by atoms with van der Waals surface area (Å²) >= 11 is 0. The Hall–Kier alpha value is -0.160. The van der Waals surface area contributed by atoms with Gasteiger partial charge in [-0.25, -0.2) is 0 Å². The maximum absolute atomic E-state index is 5.41. The zero-order valence-corrected chi connectivity index (χ0v) is 18.2. The molecule has 156 valence electrons. The zero-order chi connectivity index (χ0) is 19.4. The first-order chi connectivity index (χ1) is 12.4. The fourth-order valence-corrected chi connectivity index (χ4v) is 3.26. The summed E-state index contributed by atoms with van der Waals surface area (Å²) in [5.74, 6) is 3.89. The molecular formula is C22H44O4. The molecule has 4 heteroatoms. The zero-order valence-electron chi connectivity index (χ0n) is 18.2. The maximum Gasteiger partial charge on any atom is 0.0832 e. The van der Waals surface area contributed by atoms with Crippen LogP contribution in [0.5, 0.6) is 0 Å². The van der Waals surface area contributed by atoms with Gasteiger partial charge in [-0.1, -0.05) is 41.5 Å². The van der Waals surface area contributed by atoms with Gasteiger partial charge in [-0.3, -0.25) is 0 Å². The lowest BCUT2D eigenvalue weighted by molar-refractivity contribution is -0.105. The Morgan fingerprint density at radius 2 is 1.15 bits per heavy atom. The van der Waals surface area contributed by atoms with E-state index in [0.717, 1.165) is 69.9 Å². The van der Waals surface area contributed by atoms with Crippen molar-refractivity contribution < 1.29 is 18.9 Å². The standard InChI is InChI=1S/C8H16O.C7H14O2.C7H14O/c1-7(2)8-4-3-5-9-6-8;1-6(2)7-5-8-3-4-9-7;1-6(2)7-3-4-8-5-7/h7-8H,3-6H2,1-2H3;6-7H,3-5H2,1-2H3;6-7H,3-5H2,1-2H3. The Balaban J connectivity index is 0.000000195. The Bertz CT molecular complexity index is 290. The van der Waals surface area contributed by atoms with Crippen LogP contribution < -0.4 is 0 Å². The average Bonchev–Trinajstić information content (AvgIpc) is 3.19. The number of hydrogen-bond acceptors (Lipinski definition) is 4. The molecule has 0 aliphatic carbocycles. The summed E-state index contributed by atoms with van der Waals surface area (Å²) in [6.07, 6.45) is 4.25. The monoisotopic (exact) mass is 372 g/mol. The van der Waals surface area contributed by atoms with Crippen LogP contribution in [0.15, 0.2) is 0 Å². The van der Waals surface area contributed by atoms with E-state index in [1.54, 1.807) is 0 Å². The van der Waals surface area contributed by atoms with Crippen LogP contribution in [0.25, 0.3) is 0 Å². The minimum absolute atomic E-state index is 0.332. The highest BCUT2D eigenvalue weighted by Gasteiger charge is 2.18. The topological polar surface area (TPSA) is 36.9 Å². The number of rotatable bonds is 3. The molecule has 0 amide bonds. The Morgan fingerprint density at radius 1 is 0.577 bits per heavy atom. The molecule has 3 atom stereocenters. The molecular weight excluding hydrogens is 328 g/mol. The molecule has 3 heterocycles. The van der Waals surface area contributed by atoms with E-state index in [-0.39, 0.29) is 0 Å². The molecule has 3 fully saturated rings. The predicted molar refractivity (Wildman–Crippen MR) is 108 cm³/mol. The van der Waals surface area contributed by atoms with Crippen molar-refractivity contribution >= 4 is 0 Å². The summed E-state index contributed by atoms with van der Waals surface area (Å²) in [5, 5.41) is 0. The fraction of sp³-hybridized carbons (Fsp3) is 1.00. The van der Waals surface area contributed by atoms with Crippen molar-refractivity contribution in [3.05, 3.63) is 0 Å². The maximum atomic E-state index is 5.41. The molecule has 0 saturated carbocycles. The van der Waals surface area contributed by atoms with Gasteiger partial charge >= 0.3 is 0 Å². The molecule has 4 nitrogen and oxygen atoms in total. The van der Waals surface area contributed by atoms with Gasteiger partial charge in [0.2, 0.25) is 0 Å². The third-order valence-corrected chi connectivity index (χ3v) is 5.63. The van der Waals surface area contributed by atoms with Crippen LogP contribution in [-0.2, 0) is 18.9 Å². The Morgan fingerprint density at radius 3 is 1.46 bits per heavy atom. The molecule has 0 radical (unpaired) electrons. The van der Waals surface area contributed by atoms with E-state index in [2.05, 4.69) is 41.5 Å². The van der Waals surface area contributed by atoms with Gasteiger partial charge in [0.1, 0.15) is 0 Å². The second-order valence-electron chi connectivity index (χ2n) is 8.82. The van der Waals surface area contributed by atoms with E-state index in [0.29, 0.717) is 12.0 Å². The van der Waals surface area contributed by atoms with Crippen molar-refractivity contribution in [2.45, 2.75) is 66.9 Å². The number of ether oxygens (including phenoxy) is 4. The summed E-state index contributed by atoms with van der Waals surface area (Å²) in [6, 6.07) is 0. The lowest BCUT2D eigenvalue weighted by Crippen LogP contribution is -2.32. The van der Waals surface area contributed by atoms with E-state index in [1.807, 2.05) is 0 Å². The summed E-state index contributed by atoms with van der Waals surface area (Å²) in [4.78, 5) is 0. The molecule has 0 N–H and O–H groups in total. The summed E-state index contributed by atoms with van der Waals surface area (Å²) in [5.41, 5.74) is 0. The Labute approximate surface area is 162 Å². The van der Waals surface area contributed by atoms with Crippen LogP contribution in [0.4, 0.5) is 0 Å². The van der Waals surface area contributed by atoms with Crippen molar-refractivity contribution in [1.82, 2.24) is 0 Å². The van der Waals surface area contributed by atoms with E-state index in [1.165, 1.54) is 19.3 Å². The van der Waals surface area contributed by atoms with Crippen molar-refractivity contribution in [2.24, 2.45) is 29.6 Å². The van der Waals surface area contributed by atoms with Crippen LogP contribution in [-0.4, -0.2) is 52.4 Å². The summed E-state index contributed by atoms with van der Waals surface area (Å²) < 4.78 is 21.2. The first-order valence-electron chi connectivity index (χ1n) is 10.8. The van der Waals surface area contributed by atoms with E-state index < -0.39 is 0 Å². The molecule has 3 saturated heterocycles. The van der Waals surface area contributed by atoms with Gasteiger partial charge in [-0.15, -0.1) is 0 Å². The largest absolute Gasteiger partial charge is 0.381 e. The van der Waals surface area contributed by atoms with Crippen LogP contribution in [0.3, 0.4) is 0 Å². The lowest BCUT2D eigenvalue weighted by Gasteiger charge is -2.25. The van der Waals surface area contributed by atoms with Crippen molar-refractivity contribution in [1.29, 1.82) is 0 Å². The molecule has 3 unspecified atom stereocenters. The highest BCUT2D eigenvalue weighted by atomic mass is 16.6. The molecule has 0 aromatic carbocycles. The molecule has 3 rings (SSSR count). The molecule has 3 aliphatic heterocycles. The molecule has 0 aromatic heterocycles. The summed E-state index contributed by atoms with van der Waals surface area (Å²) in [7, 11) is 0. The first-order valence-corrected chi connectivity index (χ1v) is 10.8. The average molecular weight is 373 g/mol. The fourth-order valence-electron chi connectivity index (χ4n) is 3.26. The first kappa shape index (κ1) is 23.9. The minimum Gasteiger partial charge on any atom is -0.381 e. The van der Waals surface area contributed by atoms with E-state index in [9.17, 15) is 0 Å². The van der Waals surface area contributed by atoms with Gasteiger partial charge in [0.25, 0.3) is 0 Å². The smallest absolute Gasteiger partial charge is 0.0832 e. The molecule has 0 bridgehead atoms. The predicted octanol–water partition coefficient (Wildman–Crippen LogP) is 4.81. The van der Waals surface area contributed by atoms with Crippen molar-refractivity contribution in [3.63, 3.8) is 0 Å². The van der Waals surface area contributed by atoms with Crippen LogP contribution in [0.1, 0.15) is 60.8 Å². The third kappa shape index (κ3) is 10.2. The van der Waals surface area contributed by atoms with Crippen LogP contribution >= 0.6 is 0 Å². The molecule has 3 aliphatic rings. The second-order valence-corrected chi connectivity index (χ2v) is 8.82. The van der Waals surface area contributed by atoms with Gasteiger partial charge in [0.15, 0.2) is 0 Å². The van der Waals surface area contributed by atoms with E-state index >= 15 is 0 Å². The van der Waals surface area contributed by atoms with Gasteiger partial charge in [0.05, 0.1) is 25.9 Å². The highest BCUT2D eigenvalue weighted by Crippen LogP contribution is 2.21. The van der Waals surface area contributed by atoms with E-state index in [4.69, 9.17) is 18.9 Å². The van der Waals surface area contributed by atoms with Gasteiger partial charge < -0.3 is 18.9 Å². The van der Waals surface area contributed by atoms with Gasteiger partial charge in [-0.05, 0) is 48.9 Å². The van der Waals surface area contributed by atoms with Crippen LogP contribution in [0, 0.1) is 29.6 Å². The highest BCUT2D eigenvalue weighted by molar-refractivity contribution is 4.67. The normalized spacial score (nSPS) is 29.2. The molecule has 0 spiro atoms. The second kappa shape index (κ2) is 13.9. The van der Waals surface area contributed by atoms with Gasteiger partial charge in [0, 0.05) is 26.4 Å². The van der Waals surface area contributed by atoms with Crippen molar-refractivity contribution in [2.75, 3.05) is 46.2 Å². The third-order valence-electron chi connectivity index (χ3n) is 5.63. The quantitative estimate of drug-likeness (QED) is 0.713. The lowest BCUT2D eigenvalue weighted by atomic mass is 9.91. The van der Waals surface area contributed by atoms with Gasteiger partial charge in [-0.2, -0.15) is 0 Å². The van der Waals surface area contributed by atoms with Crippen molar-refractivity contribution in [3.8, 4) is 0 Å². The Kier molecular flexibility index (Phi) is 12.8. The SMILES string of the molecule is CC(C)C1CCCOC1.CC(C)C1CCOC1.CC(C)C1COCCO1. The number of hydrogen-bond donors (Lipinski definition) is 0. The minimum atomic E-state index is 0.332. The summed E-state index contributed by atoms with van der Waals surface area (Å²) in [6.45, 7) is 19.7.